The summed E-state index contributed by atoms with van der Waals surface area (Å²) >= 11 is 0. The third-order valence-corrected chi connectivity index (χ3v) is 6.17. The summed E-state index contributed by atoms with van der Waals surface area (Å²) in [5.41, 5.74) is 0.299. The smallest absolute Gasteiger partial charge is 0.321 e. The molecular weight excluding hydrogens is 398 g/mol. The number of methoxy groups -OCH3 is 1. The third-order valence-electron chi connectivity index (χ3n) is 6.17. The van der Waals surface area contributed by atoms with Gasteiger partial charge in [-0.3, -0.25) is 14.4 Å². The highest BCUT2D eigenvalue weighted by Crippen LogP contribution is 2.42. The van der Waals surface area contributed by atoms with Crippen LogP contribution in [0.15, 0.2) is 18.2 Å². The van der Waals surface area contributed by atoms with Gasteiger partial charge in [0.05, 0.1) is 13.2 Å². The lowest BCUT2D eigenvalue weighted by atomic mass is 9.86. The van der Waals surface area contributed by atoms with E-state index in [-0.39, 0.29) is 25.0 Å². The molecule has 1 aromatic carbocycles. The number of carboxylic acids is 2. The summed E-state index contributed by atoms with van der Waals surface area (Å²) in [5.74, 6) is -1.78. The van der Waals surface area contributed by atoms with E-state index < -0.39 is 17.4 Å². The number of carboxylic acid groups (broad SMARTS) is 2. The Morgan fingerprint density at radius 3 is 2.42 bits per heavy atom. The molecule has 2 N–H and O–H groups in total. The van der Waals surface area contributed by atoms with Crippen LogP contribution in [-0.2, 0) is 21.0 Å². The van der Waals surface area contributed by atoms with Gasteiger partial charge in [-0.25, -0.2) is 0 Å². The van der Waals surface area contributed by atoms with Crippen molar-refractivity contribution in [2.24, 2.45) is 5.41 Å². The first-order valence-corrected chi connectivity index (χ1v) is 11.3. The molecule has 1 aliphatic rings. The SMILES string of the molecule is CCCCC(CCC)ON(Cc1cc(C)cc(OC)c1)C1CCC(C(=O)O)(C(=O)O)C1. The molecule has 0 aromatic heterocycles. The fourth-order valence-corrected chi connectivity index (χ4v) is 4.41. The van der Waals surface area contributed by atoms with Crippen LogP contribution in [0.2, 0.25) is 0 Å². The Morgan fingerprint density at radius 1 is 1.16 bits per heavy atom. The quantitative estimate of drug-likeness (QED) is 0.339. The monoisotopic (exact) mass is 435 g/mol. The molecule has 7 heteroatoms. The molecule has 0 saturated heterocycles. The molecule has 2 rings (SSSR count). The summed E-state index contributed by atoms with van der Waals surface area (Å²) in [6.07, 6.45) is 5.57. The molecule has 1 saturated carbocycles. The topological polar surface area (TPSA) is 96.3 Å². The molecule has 7 nitrogen and oxygen atoms in total. The minimum absolute atomic E-state index is 0.0290. The largest absolute Gasteiger partial charge is 0.497 e. The van der Waals surface area contributed by atoms with Crippen LogP contribution >= 0.6 is 0 Å². The van der Waals surface area contributed by atoms with Gasteiger partial charge >= 0.3 is 11.9 Å². The maximum atomic E-state index is 11.8. The highest BCUT2D eigenvalue weighted by atomic mass is 16.7. The molecule has 1 aromatic rings. The predicted octanol–water partition coefficient (Wildman–Crippen LogP) is 4.80. The molecule has 2 unspecified atom stereocenters. The lowest BCUT2D eigenvalue weighted by Gasteiger charge is -2.33. The second-order valence-electron chi connectivity index (χ2n) is 8.68. The molecule has 0 aliphatic heterocycles. The average Bonchev–Trinajstić information content (AvgIpc) is 3.18. The Bertz CT molecular complexity index is 736. The van der Waals surface area contributed by atoms with Crippen LogP contribution in [0.3, 0.4) is 0 Å². The van der Waals surface area contributed by atoms with Gasteiger partial charge in [0.2, 0.25) is 0 Å². The Balaban J connectivity index is 2.30. The van der Waals surface area contributed by atoms with Gasteiger partial charge in [-0.2, -0.15) is 5.06 Å². The van der Waals surface area contributed by atoms with Crippen LogP contribution in [0.4, 0.5) is 0 Å². The van der Waals surface area contributed by atoms with E-state index in [4.69, 9.17) is 9.57 Å². The maximum Gasteiger partial charge on any atom is 0.321 e. The predicted molar refractivity (Wildman–Crippen MR) is 118 cm³/mol. The fraction of sp³-hybridized carbons (Fsp3) is 0.667. The molecule has 1 aliphatic carbocycles. The molecule has 0 heterocycles. The van der Waals surface area contributed by atoms with E-state index in [2.05, 4.69) is 19.9 Å². The molecule has 2 atom stereocenters. The molecule has 1 fully saturated rings. The van der Waals surface area contributed by atoms with Gasteiger partial charge in [0.25, 0.3) is 0 Å². The number of hydrogen-bond acceptors (Lipinski definition) is 5. The van der Waals surface area contributed by atoms with Crippen LogP contribution in [0.25, 0.3) is 0 Å². The van der Waals surface area contributed by atoms with E-state index >= 15 is 0 Å². The van der Waals surface area contributed by atoms with Crippen molar-refractivity contribution < 1.29 is 29.4 Å². The highest BCUT2D eigenvalue weighted by molar-refractivity contribution is 5.98. The second-order valence-corrected chi connectivity index (χ2v) is 8.68. The molecule has 0 bridgehead atoms. The van der Waals surface area contributed by atoms with Crippen molar-refractivity contribution in [1.29, 1.82) is 0 Å². The van der Waals surface area contributed by atoms with E-state index in [9.17, 15) is 19.8 Å². The Hall–Kier alpha value is -2.12. The third kappa shape index (κ3) is 6.43. The first-order valence-electron chi connectivity index (χ1n) is 11.3. The summed E-state index contributed by atoms with van der Waals surface area (Å²) in [7, 11) is 1.62. The van der Waals surface area contributed by atoms with E-state index in [0.29, 0.717) is 13.0 Å². The van der Waals surface area contributed by atoms with Crippen LogP contribution in [-0.4, -0.2) is 46.5 Å². The number of hydroxylamine groups is 2. The van der Waals surface area contributed by atoms with Gasteiger partial charge in [-0.15, -0.1) is 0 Å². The lowest BCUT2D eigenvalue weighted by Crippen LogP contribution is -2.41. The van der Waals surface area contributed by atoms with Gasteiger partial charge in [-0.1, -0.05) is 39.2 Å². The van der Waals surface area contributed by atoms with Gasteiger partial charge in [0, 0.05) is 12.6 Å². The summed E-state index contributed by atoms with van der Waals surface area (Å²) in [6, 6.07) is 5.67. The van der Waals surface area contributed by atoms with Crippen molar-refractivity contribution in [3.05, 3.63) is 29.3 Å². The normalized spacial score (nSPS) is 18.8. The van der Waals surface area contributed by atoms with Gasteiger partial charge in [0.15, 0.2) is 5.41 Å². The van der Waals surface area contributed by atoms with Crippen molar-refractivity contribution in [2.45, 2.75) is 90.8 Å². The number of rotatable bonds is 13. The van der Waals surface area contributed by atoms with Gasteiger partial charge < -0.3 is 14.9 Å². The maximum absolute atomic E-state index is 11.8. The number of ether oxygens (including phenoxy) is 1. The minimum Gasteiger partial charge on any atom is -0.497 e. The number of carbonyl (C=O) groups is 2. The Morgan fingerprint density at radius 2 is 1.87 bits per heavy atom. The van der Waals surface area contributed by atoms with Crippen LogP contribution < -0.4 is 4.74 Å². The zero-order valence-corrected chi connectivity index (χ0v) is 19.2. The summed E-state index contributed by atoms with van der Waals surface area (Å²) in [5, 5.41) is 21.2. The number of unbranched alkanes of at least 4 members (excludes halogenated alkanes) is 1. The van der Waals surface area contributed by atoms with Crippen molar-refractivity contribution in [3.63, 3.8) is 0 Å². The molecular formula is C24H37NO6. The van der Waals surface area contributed by atoms with Crippen molar-refractivity contribution >= 4 is 11.9 Å². The molecule has 0 amide bonds. The van der Waals surface area contributed by atoms with Crippen molar-refractivity contribution in [2.75, 3.05) is 7.11 Å². The van der Waals surface area contributed by atoms with Gasteiger partial charge in [-0.05, 0) is 62.3 Å². The minimum atomic E-state index is -1.75. The molecule has 174 valence electrons. The first-order chi connectivity index (χ1) is 14.7. The van der Waals surface area contributed by atoms with Crippen molar-refractivity contribution in [3.8, 4) is 5.75 Å². The van der Waals surface area contributed by atoms with E-state index in [0.717, 1.165) is 49.0 Å². The standard InChI is InChI=1S/C24H37NO6/c1-5-7-9-20(8-6-2)31-25(16-18-12-17(3)13-21(14-18)30-4)19-10-11-24(15-19,22(26)27)23(28)29/h12-14,19-20H,5-11,15-16H2,1-4H3,(H,26,27)(H,28,29). The lowest BCUT2D eigenvalue weighted by molar-refractivity contribution is -0.232. The number of nitrogens with zero attached hydrogens (tertiary/aromatic N) is 1. The van der Waals surface area contributed by atoms with E-state index in [1.807, 2.05) is 24.1 Å². The van der Waals surface area contributed by atoms with Crippen molar-refractivity contribution in [1.82, 2.24) is 5.06 Å². The van der Waals surface area contributed by atoms with Crippen LogP contribution in [0.5, 0.6) is 5.75 Å². The molecule has 31 heavy (non-hydrogen) atoms. The summed E-state index contributed by atoms with van der Waals surface area (Å²) in [6.45, 7) is 6.70. The Labute approximate surface area is 185 Å². The summed E-state index contributed by atoms with van der Waals surface area (Å²) < 4.78 is 5.40. The van der Waals surface area contributed by atoms with Gasteiger partial charge in [0.1, 0.15) is 5.75 Å². The van der Waals surface area contributed by atoms with E-state index in [1.54, 1.807) is 7.11 Å². The van der Waals surface area contributed by atoms with Crippen LogP contribution in [0.1, 0.15) is 76.3 Å². The highest BCUT2D eigenvalue weighted by Gasteiger charge is 2.53. The first kappa shape index (κ1) is 25.1. The number of hydrogen-bond donors (Lipinski definition) is 2. The number of aliphatic carboxylic acids is 2. The van der Waals surface area contributed by atoms with E-state index in [1.165, 1.54) is 0 Å². The fourth-order valence-electron chi connectivity index (χ4n) is 4.41. The number of benzene rings is 1. The average molecular weight is 436 g/mol. The Kier molecular flexibility index (Phi) is 9.32. The zero-order chi connectivity index (χ0) is 23.0. The van der Waals surface area contributed by atoms with Crippen LogP contribution in [0, 0.1) is 12.3 Å². The second kappa shape index (κ2) is 11.5. The number of aryl methyl sites for hydroxylation is 1. The molecule has 0 radical (unpaired) electrons. The molecule has 0 spiro atoms. The summed E-state index contributed by atoms with van der Waals surface area (Å²) in [4.78, 5) is 30.1. The zero-order valence-electron chi connectivity index (χ0n) is 19.2.